The summed E-state index contributed by atoms with van der Waals surface area (Å²) in [4.78, 5) is 7.88. The molecule has 0 aliphatic carbocycles. The molecule has 1 heterocycles. The van der Waals surface area contributed by atoms with Gasteiger partial charge in [0.2, 0.25) is 0 Å². The Labute approximate surface area is 106 Å². The first-order valence-electron chi connectivity index (χ1n) is 5.53. The minimum absolute atomic E-state index is 0.0344. The number of rotatable bonds is 5. The molecular weight excluding hydrogens is 236 g/mol. The molecule has 0 aliphatic heterocycles. The molecule has 17 heavy (non-hydrogen) atoms. The SMILES string of the molecule is Cc1nc(CN(C)CC(C)C(N)=NO)sc1C. The predicted octanol–water partition coefficient (Wildman–Crippen LogP) is 1.57. The van der Waals surface area contributed by atoms with Gasteiger partial charge in [-0.3, -0.25) is 4.90 Å². The van der Waals surface area contributed by atoms with Gasteiger partial charge in [-0.15, -0.1) is 11.3 Å². The molecule has 6 heteroatoms. The van der Waals surface area contributed by atoms with E-state index in [2.05, 4.69) is 22.0 Å². The van der Waals surface area contributed by atoms with Gasteiger partial charge in [0, 0.05) is 17.3 Å². The van der Waals surface area contributed by atoms with Gasteiger partial charge in [0.1, 0.15) is 10.8 Å². The number of thiazole rings is 1. The molecule has 3 N–H and O–H groups in total. The van der Waals surface area contributed by atoms with E-state index < -0.39 is 0 Å². The van der Waals surface area contributed by atoms with Gasteiger partial charge in [-0.05, 0) is 20.9 Å². The van der Waals surface area contributed by atoms with Crippen molar-refractivity contribution in [2.45, 2.75) is 27.3 Å². The third kappa shape index (κ3) is 3.98. The van der Waals surface area contributed by atoms with Crippen molar-refractivity contribution in [1.82, 2.24) is 9.88 Å². The smallest absolute Gasteiger partial charge is 0.143 e. The second kappa shape index (κ2) is 5.97. The first-order valence-corrected chi connectivity index (χ1v) is 6.34. The van der Waals surface area contributed by atoms with Crippen LogP contribution in [0.25, 0.3) is 0 Å². The van der Waals surface area contributed by atoms with Crippen molar-refractivity contribution in [3.8, 4) is 0 Å². The van der Waals surface area contributed by atoms with Crippen LogP contribution in [0.5, 0.6) is 0 Å². The van der Waals surface area contributed by atoms with Crippen LogP contribution in [0, 0.1) is 19.8 Å². The summed E-state index contributed by atoms with van der Waals surface area (Å²) in [5.41, 5.74) is 6.65. The molecule has 1 aromatic heterocycles. The summed E-state index contributed by atoms with van der Waals surface area (Å²) in [7, 11) is 2.01. The van der Waals surface area contributed by atoms with Crippen LogP contribution in [0.3, 0.4) is 0 Å². The number of nitrogens with two attached hydrogens (primary N) is 1. The zero-order valence-corrected chi connectivity index (χ0v) is 11.6. The number of hydrogen-bond donors (Lipinski definition) is 2. The minimum atomic E-state index is 0.0344. The average Bonchev–Trinajstić information content (AvgIpc) is 2.56. The lowest BCUT2D eigenvalue weighted by Crippen LogP contribution is -2.32. The van der Waals surface area contributed by atoms with E-state index >= 15 is 0 Å². The normalized spacial score (nSPS) is 14.3. The minimum Gasteiger partial charge on any atom is -0.409 e. The average molecular weight is 256 g/mol. The molecule has 0 fully saturated rings. The van der Waals surface area contributed by atoms with E-state index in [0.717, 1.165) is 23.8 Å². The van der Waals surface area contributed by atoms with Gasteiger partial charge in [-0.25, -0.2) is 4.98 Å². The highest BCUT2D eigenvalue weighted by molar-refractivity contribution is 7.11. The Morgan fingerprint density at radius 3 is 2.71 bits per heavy atom. The van der Waals surface area contributed by atoms with E-state index in [-0.39, 0.29) is 11.8 Å². The highest BCUT2D eigenvalue weighted by Crippen LogP contribution is 2.17. The van der Waals surface area contributed by atoms with Gasteiger partial charge < -0.3 is 10.9 Å². The van der Waals surface area contributed by atoms with E-state index in [1.54, 1.807) is 11.3 Å². The molecule has 0 spiro atoms. The summed E-state index contributed by atoms with van der Waals surface area (Å²) in [5.74, 6) is 0.301. The maximum atomic E-state index is 8.58. The summed E-state index contributed by atoms with van der Waals surface area (Å²) in [5, 5.41) is 12.7. The van der Waals surface area contributed by atoms with E-state index in [1.165, 1.54) is 4.88 Å². The zero-order chi connectivity index (χ0) is 13.0. The Balaban J connectivity index is 2.52. The second-order valence-corrected chi connectivity index (χ2v) is 5.66. The zero-order valence-electron chi connectivity index (χ0n) is 10.8. The molecule has 0 bridgehead atoms. The Hall–Kier alpha value is -1.14. The molecule has 1 unspecified atom stereocenters. The maximum Gasteiger partial charge on any atom is 0.143 e. The highest BCUT2D eigenvalue weighted by Gasteiger charge is 2.12. The molecule has 1 aromatic rings. The quantitative estimate of drug-likeness (QED) is 0.363. The summed E-state index contributed by atoms with van der Waals surface area (Å²) in [6.45, 7) is 7.57. The summed E-state index contributed by atoms with van der Waals surface area (Å²) < 4.78 is 0. The van der Waals surface area contributed by atoms with Crippen molar-refractivity contribution in [1.29, 1.82) is 0 Å². The summed E-state index contributed by atoms with van der Waals surface area (Å²) in [6, 6.07) is 0. The van der Waals surface area contributed by atoms with Crippen LogP contribution in [0.1, 0.15) is 22.5 Å². The third-order valence-corrected chi connectivity index (χ3v) is 3.74. The van der Waals surface area contributed by atoms with E-state index in [0.29, 0.717) is 0 Å². The molecule has 1 rings (SSSR count). The number of aryl methyl sites for hydroxylation is 2. The lowest BCUT2D eigenvalue weighted by atomic mass is 10.1. The molecule has 5 nitrogen and oxygen atoms in total. The lowest BCUT2D eigenvalue weighted by Gasteiger charge is -2.19. The maximum absolute atomic E-state index is 8.58. The fourth-order valence-corrected chi connectivity index (χ4v) is 2.58. The monoisotopic (exact) mass is 256 g/mol. The number of aromatic nitrogens is 1. The van der Waals surface area contributed by atoms with Gasteiger partial charge in [0.05, 0.1) is 12.2 Å². The van der Waals surface area contributed by atoms with Crippen LogP contribution in [0.4, 0.5) is 0 Å². The molecule has 0 aliphatic rings. The summed E-state index contributed by atoms with van der Waals surface area (Å²) in [6.07, 6.45) is 0. The Morgan fingerprint density at radius 1 is 1.59 bits per heavy atom. The first-order chi connectivity index (χ1) is 7.93. The summed E-state index contributed by atoms with van der Waals surface area (Å²) >= 11 is 1.72. The van der Waals surface area contributed by atoms with Crippen LogP contribution in [0.15, 0.2) is 5.16 Å². The van der Waals surface area contributed by atoms with Crippen molar-refractivity contribution in [3.05, 3.63) is 15.6 Å². The van der Waals surface area contributed by atoms with E-state index in [9.17, 15) is 0 Å². The molecule has 0 aromatic carbocycles. The van der Waals surface area contributed by atoms with Crippen molar-refractivity contribution in [2.24, 2.45) is 16.8 Å². The van der Waals surface area contributed by atoms with Crippen molar-refractivity contribution >= 4 is 17.2 Å². The van der Waals surface area contributed by atoms with Gasteiger partial charge in [-0.1, -0.05) is 12.1 Å². The second-order valence-electron chi connectivity index (χ2n) is 4.37. The molecule has 0 radical (unpaired) electrons. The molecule has 0 saturated heterocycles. The molecule has 1 atom stereocenters. The number of hydrogen-bond acceptors (Lipinski definition) is 5. The van der Waals surface area contributed by atoms with Crippen LogP contribution in [-0.4, -0.2) is 34.5 Å². The van der Waals surface area contributed by atoms with Gasteiger partial charge in [0.15, 0.2) is 0 Å². The Kier molecular flexibility index (Phi) is 4.89. The van der Waals surface area contributed by atoms with Crippen LogP contribution in [0.2, 0.25) is 0 Å². The Bertz CT molecular complexity index is 383. The first kappa shape index (κ1) is 13.9. The van der Waals surface area contributed by atoms with Crippen LogP contribution < -0.4 is 5.73 Å². The lowest BCUT2D eigenvalue weighted by molar-refractivity contribution is 0.290. The van der Waals surface area contributed by atoms with Crippen molar-refractivity contribution in [3.63, 3.8) is 0 Å². The third-order valence-electron chi connectivity index (χ3n) is 2.68. The predicted molar refractivity (Wildman–Crippen MR) is 70.5 cm³/mol. The number of nitrogens with zero attached hydrogens (tertiary/aromatic N) is 3. The highest BCUT2D eigenvalue weighted by atomic mass is 32.1. The topological polar surface area (TPSA) is 74.7 Å². The van der Waals surface area contributed by atoms with E-state index in [4.69, 9.17) is 10.9 Å². The van der Waals surface area contributed by atoms with Crippen LogP contribution in [-0.2, 0) is 6.54 Å². The standard InChI is InChI=1S/C11H20N4OS/c1-7(11(12)14-16)5-15(4)6-10-13-8(2)9(3)17-10/h7,16H,5-6H2,1-4H3,(H2,12,14). The van der Waals surface area contributed by atoms with Gasteiger partial charge >= 0.3 is 0 Å². The number of oxime groups is 1. The molecule has 0 saturated carbocycles. The fourth-order valence-electron chi connectivity index (χ4n) is 1.56. The molecular formula is C11H20N4OS. The fraction of sp³-hybridized carbons (Fsp3) is 0.636. The number of amidine groups is 1. The van der Waals surface area contributed by atoms with Crippen molar-refractivity contribution < 1.29 is 5.21 Å². The van der Waals surface area contributed by atoms with Crippen LogP contribution >= 0.6 is 11.3 Å². The van der Waals surface area contributed by atoms with E-state index in [1.807, 2.05) is 20.9 Å². The van der Waals surface area contributed by atoms with Gasteiger partial charge in [-0.2, -0.15) is 0 Å². The molecule has 96 valence electrons. The molecule has 0 amide bonds. The van der Waals surface area contributed by atoms with Crippen molar-refractivity contribution in [2.75, 3.05) is 13.6 Å². The Morgan fingerprint density at radius 2 is 2.24 bits per heavy atom. The largest absolute Gasteiger partial charge is 0.409 e. The van der Waals surface area contributed by atoms with Gasteiger partial charge in [0.25, 0.3) is 0 Å².